The molecule has 1 aromatic carbocycles. The Balaban J connectivity index is 1.39. The highest BCUT2D eigenvalue weighted by Gasteiger charge is 2.26. The SMILES string of the molecule is COc1ccc(NC(=O)C2CCN(c3nccn4cccc34)CC2)cc1Cl. The Kier molecular flexibility index (Phi) is 4.90. The van der Waals surface area contributed by atoms with Crippen LogP contribution in [0.3, 0.4) is 0 Å². The summed E-state index contributed by atoms with van der Waals surface area (Å²) in [5.74, 6) is 1.58. The van der Waals surface area contributed by atoms with E-state index in [1.807, 2.05) is 24.7 Å². The largest absolute Gasteiger partial charge is 0.495 e. The molecule has 7 heteroatoms. The molecule has 140 valence electrons. The number of carbonyl (C=O) groups excluding carboxylic acids is 1. The second-order valence-electron chi connectivity index (χ2n) is 6.65. The van der Waals surface area contributed by atoms with Crippen molar-refractivity contribution in [2.45, 2.75) is 12.8 Å². The molecular formula is C20H21ClN4O2. The summed E-state index contributed by atoms with van der Waals surface area (Å²) >= 11 is 6.13. The summed E-state index contributed by atoms with van der Waals surface area (Å²) in [6.45, 7) is 1.61. The van der Waals surface area contributed by atoms with Gasteiger partial charge in [-0.2, -0.15) is 0 Å². The number of anilines is 2. The lowest BCUT2D eigenvalue weighted by molar-refractivity contribution is -0.120. The molecule has 0 saturated carbocycles. The number of carbonyl (C=O) groups is 1. The van der Waals surface area contributed by atoms with E-state index in [4.69, 9.17) is 16.3 Å². The van der Waals surface area contributed by atoms with Gasteiger partial charge in [-0.1, -0.05) is 11.6 Å². The summed E-state index contributed by atoms with van der Waals surface area (Å²) in [5.41, 5.74) is 1.78. The second kappa shape index (κ2) is 7.48. The minimum atomic E-state index is -0.0198. The fraction of sp³-hybridized carbons (Fsp3) is 0.300. The molecule has 6 nitrogen and oxygen atoms in total. The number of aromatic nitrogens is 2. The van der Waals surface area contributed by atoms with Crippen LogP contribution in [0.1, 0.15) is 12.8 Å². The topological polar surface area (TPSA) is 58.9 Å². The molecule has 0 radical (unpaired) electrons. The zero-order chi connectivity index (χ0) is 18.8. The summed E-state index contributed by atoms with van der Waals surface area (Å²) in [6, 6.07) is 9.35. The van der Waals surface area contributed by atoms with E-state index in [2.05, 4.69) is 25.7 Å². The van der Waals surface area contributed by atoms with E-state index in [-0.39, 0.29) is 11.8 Å². The van der Waals surface area contributed by atoms with Gasteiger partial charge in [0.2, 0.25) is 5.91 Å². The maximum absolute atomic E-state index is 12.6. The number of amides is 1. The lowest BCUT2D eigenvalue weighted by Gasteiger charge is -2.32. The van der Waals surface area contributed by atoms with Crippen molar-refractivity contribution in [3.05, 3.63) is 53.9 Å². The third-order valence-corrected chi connectivity index (χ3v) is 5.31. The van der Waals surface area contributed by atoms with Gasteiger partial charge in [0.15, 0.2) is 5.82 Å². The van der Waals surface area contributed by atoms with Gasteiger partial charge in [0.25, 0.3) is 0 Å². The van der Waals surface area contributed by atoms with Crippen molar-refractivity contribution < 1.29 is 9.53 Å². The van der Waals surface area contributed by atoms with Crippen LogP contribution in [0.15, 0.2) is 48.9 Å². The molecule has 4 rings (SSSR count). The van der Waals surface area contributed by atoms with Crippen molar-refractivity contribution in [3.63, 3.8) is 0 Å². The van der Waals surface area contributed by atoms with Crippen molar-refractivity contribution in [2.24, 2.45) is 5.92 Å². The zero-order valence-corrected chi connectivity index (χ0v) is 15.8. The third-order valence-electron chi connectivity index (χ3n) is 5.02. The van der Waals surface area contributed by atoms with Gasteiger partial charge in [-0.05, 0) is 43.2 Å². The molecule has 0 bridgehead atoms. The smallest absolute Gasteiger partial charge is 0.227 e. The van der Waals surface area contributed by atoms with Crippen LogP contribution in [0, 0.1) is 5.92 Å². The highest BCUT2D eigenvalue weighted by atomic mass is 35.5. The number of piperidine rings is 1. The van der Waals surface area contributed by atoms with Crippen molar-refractivity contribution in [3.8, 4) is 5.75 Å². The number of rotatable bonds is 4. The standard InChI is InChI=1S/C20H21ClN4O2/c1-27-18-5-4-15(13-16(18)21)23-20(26)14-6-10-25(11-7-14)19-17-3-2-9-24(17)12-8-22-19/h2-5,8-9,12-14H,6-7,10-11H2,1H3,(H,23,26). The number of methoxy groups -OCH3 is 1. The maximum atomic E-state index is 12.6. The predicted molar refractivity (Wildman–Crippen MR) is 107 cm³/mol. The van der Waals surface area contributed by atoms with E-state index < -0.39 is 0 Å². The Hall–Kier alpha value is -2.73. The van der Waals surface area contributed by atoms with Crippen molar-refractivity contribution in [1.82, 2.24) is 9.38 Å². The van der Waals surface area contributed by atoms with Crippen LogP contribution < -0.4 is 15.0 Å². The van der Waals surface area contributed by atoms with Gasteiger partial charge in [-0.15, -0.1) is 0 Å². The van der Waals surface area contributed by atoms with E-state index in [1.165, 1.54) is 0 Å². The number of halogens is 1. The minimum absolute atomic E-state index is 0.0198. The van der Waals surface area contributed by atoms with Gasteiger partial charge in [-0.3, -0.25) is 4.79 Å². The quantitative estimate of drug-likeness (QED) is 0.742. The molecule has 0 atom stereocenters. The first kappa shape index (κ1) is 17.7. The molecule has 1 saturated heterocycles. The van der Waals surface area contributed by atoms with Crippen molar-refractivity contribution in [2.75, 3.05) is 30.4 Å². The van der Waals surface area contributed by atoms with Gasteiger partial charge in [0, 0.05) is 43.3 Å². The molecular weight excluding hydrogens is 364 g/mol. The van der Waals surface area contributed by atoms with Gasteiger partial charge in [0.1, 0.15) is 5.75 Å². The molecule has 1 fully saturated rings. The molecule has 1 aliphatic rings. The van der Waals surface area contributed by atoms with Gasteiger partial charge >= 0.3 is 0 Å². The van der Waals surface area contributed by atoms with Gasteiger partial charge < -0.3 is 19.4 Å². The van der Waals surface area contributed by atoms with Crippen LogP contribution >= 0.6 is 11.6 Å². The molecule has 0 spiro atoms. The average molecular weight is 385 g/mol. The molecule has 1 aliphatic heterocycles. The Morgan fingerprint density at radius 2 is 2.07 bits per heavy atom. The van der Waals surface area contributed by atoms with Crippen LogP contribution in [0.4, 0.5) is 11.5 Å². The van der Waals surface area contributed by atoms with Crippen molar-refractivity contribution in [1.29, 1.82) is 0 Å². The third kappa shape index (κ3) is 3.57. The summed E-state index contributed by atoms with van der Waals surface area (Å²) in [6.07, 6.45) is 7.35. The fourth-order valence-electron chi connectivity index (χ4n) is 3.54. The molecule has 0 unspecified atom stereocenters. The minimum Gasteiger partial charge on any atom is -0.495 e. The average Bonchev–Trinajstić information content (AvgIpc) is 3.17. The number of nitrogens with one attached hydrogen (secondary N) is 1. The normalized spacial score (nSPS) is 15.1. The van der Waals surface area contributed by atoms with E-state index >= 15 is 0 Å². The van der Waals surface area contributed by atoms with Gasteiger partial charge in [-0.25, -0.2) is 4.98 Å². The monoisotopic (exact) mass is 384 g/mol. The Labute approximate surface area is 162 Å². The van der Waals surface area contributed by atoms with Crippen molar-refractivity contribution >= 4 is 34.5 Å². The lowest BCUT2D eigenvalue weighted by atomic mass is 9.95. The highest BCUT2D eigenvalue weighted by Crippen LogP contribution is 2.29. The van der Waals surface area contributed by atoms with Gasteiger partial charge in [0.05, 0.1) is 17.6 Å². The first-order valence-corrected chi connectivity index (χ1v) is 9.34. The summed E-state index contributed by atoms with van der Waals surface area (Å²) in [7, 11) is 1.57. The molecule has 3 heterocycles. The van der Waals surface area contributed by atoms with Crippen LogP contribution in [-0.4, -0.2) is 35.5 Å². The summed E-state index contributed by atoms with van der Waals surface area (Å²) in [4.78, 5) is 19.4. The van der Waals surface area contributed by atoms with Crippen LogP contribution in [0.2, 0.25) is 5.02 Å². The number of hydrogen-bond donors (Lipinski definition) is 1. The molecule has 0 aliphatic carbocycles. The Morgan fingerprint density at radius 3 is 2.81 bits per heavy atom. The number of nitrogens with zero attached hydrogens (tertiary/aromatic N) is 3. The van der Waals surface area contributed by atoms with E-state index in [0.29, 0.717) is 16.5 Å². The van der Waals surface area contributed by atoms with E-state index in [0.717, 1.165) is 37.3 Å². The number of benzene rings is 1. The van der Waals surface area contributed by atoms with Crippen LogP contribution in [0.25, 0.3) is 5.52 Å². The number of fused-ring (bicyclic) bond motifs is 1. The zero-order valence-electron chi connectivity index (χ0n) is 15.1. The number of hydrogen-bond acceptors (Lipinski definition) is 4. The summed E-state index contributed by atoms with van der Waals surface area (Å²) < 4.78 is 7.21. The second-order valence-corrected chi connectivity index (χ2v) is 7.06. The summed E-state index contributed by atoms with van der Waals surface area (Å²) in [5, 5.41) is 3.45. The van der Waals surface area contributed by atoms with Crippen LogP contribution in [-0.2, 0) is 4.79 Å². The number of ether oxygens (including phenoxy) is 1. The molecule has 27 heavy (non-hydrogen) atoms. The van der Waals surface area contributed by atoms with E-state index in [9.17, 15) is 4.79 Å². The Morgan fingerprint density at radius 1 is 1.26 bits per heavy atom. The predicted octanol–water partition coefficient (Wildman–Crippen LogP) is 3.85. The lowest BCUT2D eigenvalue weighted by Crippen LogP contribution is -2.38. The van der Waals surface area contributed by atoms with Crippen LogP contribution in [0.5, 0.6) is 5.75 Å². The Bertz CT molecular complexity index is 964. The molecule has 1 amide bonds. The first-order chi connectivity index (χ1) is 13.2. The molecule has 2 aromatic heterocycles. The molecule has 3 aromatic rings. The first-order valence-electron chi connectivity index (χ1n) is 8.97. The maximum Gasteiger partial charge on any atom is 0.227 e. The molecule has 1 N–H and O–H groups in total. The van der Waals surface area contributed by atoms with E-state index in [1.54, 1.807) is 25.3 Å². The highest BCUT2D eigenvalue weighted by molar-refractivity contribution is 6.32. The fourth-order valence-corrected chi connectivity index (χ4v) is 3.80.